The lowest BCUT2D eigenvalue weighted by Gasteiger charge is -1.84. The van der Waals surface area contributed by atoms with Crippen LogP contribution >= 0.6 is 0 Å². The molecule has 0 fully saturated rings. The minimum absolute atomic E-state index is 0. The molecule has 0 aliphatic heterocycles. The molecule has 58 valence electrons. The Balaban J connectivity index is 0.000000810. The summed E-state index contributed by atoms with van der Waals surface area (Å²) in [5, 5.41) is 0. The van der Waals surface area contributed by atoms with Crippen molar-refractivity contribution in [1.82, 2.24) is 4.57 Å². The van der Waals surface area contributed by atoms with E-state index >= 15 is 0 Å². The summed E-state index contributed by atoms with van der Waals surface area (Å²) in [6.45, 7) is 4.24. The molecule has 1 rings (SSSR count). The maximum Gasteiger partial charge on any atom is 0.243 e. The van der Waals surface area contributed by atoms with Crippen molar-refractivity contribution in [1.29, 1.82) is 0 Å². The number of imidazole rings is 1. The molecule has 0 aliphatic carbocycles. The fraction of sp³-hybridized carbons (Fsp3) is 0.571. The number of aryl methyl sites for hydroxylation is 2. The van der Waals surface area contributed by atoms with Crippen molar-refractivity contribution in [2.24, 2.45) is 14.1 Å². The molecular formula is C7H13IN2. The second kappa shape index (κ2) is 3.37. The topological polar surface area (TPSA) is 8.81 Å². The van der Waals surface area contributed by atoms with E-state index in [0.717, 1.165) is 0 Å². The van der Waals surface area contributed by atoms with Crippen LogP contribution in [0, 0.1) is 13.8 Å². The minimum atomic E-state index is 0. The van der Waals surface area contributed by atoms with Gasteiger partial charge in [0.2, 0.25) is 6.33 Å². The molecule has 0 radical (unpaired) electrons. The number of hydrogen-bond acceptors (Lipinski definition) is 0. The molecule has 0 unspecified atom stereocenters. The summed E-state index contributed by atoms with van der Waals surface area (Å²) in [5.74, 6) is 0. The van der Waals surface area contributed by atoms with Gasteiger partial charge in [0.15, 0.2) is 0 Å². The Labute approximate surface area is 78.9 Å². The van der Waals surface area contributed by atoms with Crippen LogP contribution in [0.1, 0.15) is 11.4 Å². The van der Waals surface area contributed by atoms with Crippen LogP contribution in [0.2, 0.25) is 0 Å². The smallest absolute Gasteiger partial charge is 0.243 e. The summed E-state index contributed by atoms with van der Waals surface area (Å²) < 4.78 is 4.24. The van der Waals surface area contributed by atoms with Crippen molar-refractivity contribution in [2.45, 2.75) is 13.8 Å². The van der Waals surface area contributed by atoms with Gasteiger partial charge in [0.1, 0.15) is 11.4 Å². The highest BCUT2D eigenvalue weighted by atomic mass is 127. The summed E-state index contributed by atoms with van der Waals surface area (Å²) in [6.07, 6.45) is 2.07. The van der Waals surface area contributed by atoms with E-state index in [1.54, 1.807) is 0 Å². The first kappa shape index (κ1) is 9.94. The van der Waals surface area contributed by atoms with Gasteiger partial charge in [0, 0.05) is 13.8 Å². The number of aromatic nitrogens is 2. The third kappa shape index (κ3) is 1.51. The van der Waals surface area contributed by atoms with Gasteiger partial charge < -0.3 is 24.0 Å². The van der Waals surface area contributed by atoms with E-state index < -0.39 is 0 Å². The van der Waals surface area contributed by atoms with Gasteiger partial charge in [-0.3, -0.25) is 0 Å². The van der Waals surface area contributed by atoms with Crippen molar-refractivity contribution in [3.63, 3.8) is 0 Å². The molecule has 2 nitrogen and oxygen atoms in total. The summed E-state index contributed by atoms with van der Waals surface area (Å²) in [6, 6.07) is 0. The van der Waals surface area contributed by atoms with Gasteiger partial charge in [-0.05, 0) is 0 Å². The summed E-state index contributed by atoms with van der Waals surface area (Å²) in [4.78, 5) is 0. The summed E-state index contributed by atoms with van der Waals surface area (Å²) in [7, 11) is 4.12. The monoisotopic (exact) mass is 252 g/mol. The number of nitrogens with zero attached hydrogens (tertiary/aromatic N) is 2. The van der Waals surface area contributed by atoms with Gasteiger partial charge in [-0.15, -0.1) is 0 Å². The van der Waals surface area contributed by atoms with Crippen LogP contribution in [-0.4, -0.2) is 4.57 Å². The van der Waals surface area contributed by atoms with Gasteiger partial charge in [-0.2, -0.15) is 0 Å². The van der Waals surface area contributed by atoms with Gasteiger partial charge >= 0.3 is 0 Å². The zero-order valence-electron chi connectivity index (χ0n) is 6.85. The van der Waals surface area contributed by atoms with Crippen molar-refractivity contribution >= 4 is 0 Å². The van der Waals surface area contributed by atoms with Crippen molar-refractivity contribution in [3.05, 3.63) is 17.7 Å². The molecular weight excluding hydrogens is 239 g/mol. The first-order valence-corrected chi connectivity index (χ1v) is 3.11. The SMILES string of the molecule is Cc1c(C)[n+](C)cn1C.[I-]. The van der Waals surface area contributed by atoms with E-state index in [-0.39, 0.29) is 24.0 Å². The van der Waals surface area contributed by atoms with E-state index in [9.17, 15) is 0 Å². The van der Waals surface area contributed by atoms with E-state index in [4.69, 9.17) is 0 Å². The molecule has 1 aromatic heterocycles. The zero-order valence-corrected chi connectivity index (χ0v) is 9.01. The Morgan fingerprint density at radius 3 is 2.00 bits per heavy atom. The predicted octanol–water partition coefficient (Wildman–Crippen LogP) is -2.53. The molecule has 1 heterocycles. The van der Waals surface area contributed by atoms with Crippen molar-refractivity contribution in [3.8, 4) is 0 Å². The largest absolute Gasteiger partial charge is 1.00 e. The first-order chi connectivity index (χ1) is 4.13. The minimum Gasteiger partial charge on any atom is -1.00 e. The molecule has 10 heavy (non-hydrogen) atoms. The fourth-order valence-corrected chi connectivity index (χ4v) is 0.943. The van der Waals surface area contributed by atoms with Crippen LogP contribution in [0.15, 0.2) is 6.33 Å². The Morgan fingerprint density at radius 1 is 1.40 bits per heavy atom. The molecule has 0 amide bonds. The van der Waals surface area contributed by atoms with Crippen LogP contribution in [0.3, 0.4) is 0 Å². The number of hydrogen-bond donors (Lipinski definition) is 0. The Hall–Kier alpha value is -0.0600. The quantitative estimate of drug-likeness (QED) is 0.356. The van der Waals surface area contributed by atoms with Crippen LogP contribution in [-0.2, 0) is 14.1 Å². The predicted molar refractivity (Wildman–Crippen MR) is 36.1 cm³/mol. The number of rotatable bonds is 0. The van der Waals surface area contributed by atoms with Crippen molar-refractivity contribution < 1.29 is 28.5 Å². The van der Waals surface area contributed by atoms with Crippen molar-refractivity contribution in [2.75, 3.05) is 0 Å². The van der Waals surface area contributed by atoms with Crippen LogP contribution < -0.4 is 28.5 Å². The molecule has 0 saturated carbocycles. The molecule has 1 aromatic rings. The lowest BCUT2D eigenvalue weighted by Crippen LogP contribution is -3.00. The van der Waals surface area contributed by atoms with Gasteiger partial charge in [0.25, 0.3) is 0 Å². The Kier molecular flexibility index (Phi) is 3.35. The summed E-state index contributed by atoms with van der Waals surface area (Å²) >= 11 is 0. The zero-order chi connectivity index (χ0) is 7.02. The molecule has 0 bridgehead atoms. The molecule has 0 atom stereocenters. The highest BCUT2D eigenvalue weighted by Crippen LogP contribution is 1.97. The Morgan fingerprint density at radius 2 is 1.90 bits per heavy atom. The maximum atomic E-state index is 2.12. The lowest BCUT2D eigenvalue weighted by atomic mass is 10.4. The van der Waals surface area contributed by atoms with E-state index in [2.05, 4.69) is 43.4 Å². The summed E-state index contributed by atoms with van der Waals surface area (Å²) in [5.41, 5.74) is 2.66. The molecule has 3 heteroatoms. The van der Waals surface area contributed by atoms with Gasteiger partial charge in [0.05, 0.1) is 14.1 Å². The molecule has 0 N–H and O–H groups in total. The average molecular weight is 252 g/mol. The lowest BCUT2D eigenvalue weighted by molar-refractivity contribution is -0.677. The second-order valence-electron chi connectivity index (χ2n) is 2.51. The highest BCUT2D eigenvalue weighted by molar-refractivity contribution is 5.01. The van der Waals surface area contributed by atoms with Crippen LogP contribution in [0.5, 0.6) is 0 Å². The molecule has 0 saturated heterocycles. The van der Waals surface area contributed by atoms with E-state index in [1.165, 1.54) is 11.4 Å². The van der Waals surface area contributed by atoms with E-state index in [1.807, 2.05) is 0 Å². The van der Waals surface area contributed by atoms with Gasteiger partial charge in [-0.25, -0.2) is 9.13 Å². The van der Waals surface area contributed by atoms with Gasteiger partial charge in [-0.1, -0.05) is 0 Å². The first-order valence-electron chi connectivity index (χ1n) is 3.11. The highest BCUT2D eigenvalue weighted by Gasteiger charge is 2.07. The Bertz CT molecular complexity index is 205. The van der Waals surface area contributed by atoms with Crippen LogP contribution in [0.25, 0.3) is 0 Å². The normalized spacial score (nSPS) is 9.20. The third-order valence-electron chi connectivity index (χ3n) is 1.93. The standard InChI is InChI=1S/C7H13N2.HI/c1-6-7(2)9(4)5-8(6)3;/h5H,1-4H3;1H/q+1;/p-1. The average Bonchev–Trinajstić information content (AvgIpc) is 1.98. The molecule has 0 aliphatic rings. The molecule has 0 spiro atoms. The second-order valence-corrected chi connectivity index (χ2v) is 2.51. The van der Waals surface area contributed by atoms with Crippen LogP contribution in [0.4, 0.5) is 0 Å². The number of halogens is 1. The fourth-order valence-electron chi connectivity index (χ4n) is 0.943. The third-order valence-corrected chi connectivity index (χ3v) is 1.93. The molecule has 0 aromatic carbocycles. The maximum absolute atomic E-state index is 2.12. The van der Waals surface area contributed by atoms with E-state index in [0.29, 0.717) is 0 Å².